The van der Waals surface area contributed by atoms with Crippen molar-refractivity contribution in [3.05, 3.63) is 12.0 Å². The fourth-order valence-electron chi connectivity index (χ4n) is 1.99. The number of halogens is 1. The third-order valence-electron chi connectivity index (χ3n) is 2.83. The topological polar surface area (TPSA) is 61.2 Å². The first-order chi connectivity index (χ1) is 8.00. The van der Waals surface area contributed by atoms with Crippen molar-refractivity contribution in [2.24, 2.45) is 0 Å². The van der Waals surface area contributed by atoms with Crippen LogP contribution in [0.3, 0.4) is 0 Å². The molecule has 5 nitrogen and oxygen atoms in total. The molecule has 0 bridgehead atoms. The van der Waals surface area contributed by atoms with Crippen LogP contribution in [0.1, 0.15) is 25.6 Å². The summed E-state index contributed by atoms with van der Waals surface area (Å²) in [7, 11) is 1.53. The van der Waals surface area contributed by atoms with Crippen LogP contribution in [0.4, 0.5) is 0 Å². The van der Waals surface area contributed by atoms with Gasteiger partial charge in [0.2, 0.25) is 0 Å². The Labute approximate surface area is 105 Å². The molecule has 2 rings (SSSR count). The lowest BCUT2D eigenvalue weighted by Gasteiger charge is -2.11. The van der Waals surface area contributed by atoms with Gasteiger partial charge in [0, 0.05) is 29.9 Å². The average molecular weight is 279 g/mol. The molecule has 1 aromatic heterocycles. The van der Waals surface area contributed by atoms with Crippen molar-refractivity contribution < 1.29 is 13.2 Å². The number of nitrogens with zero attached hydrogens (tertiary/aromatic N) is 2. The van der Waals surface area contributed by atoms with Crippen molar-refractivity contribution in [2.75, 3.05) is 6.61 Å². The summed E-state index contributed by atoms with van der Waals surface area (Å²) >= 11 is 0. The molecule has 0 spiro atoms. The average Bonchev–Trinajstić information content (AvgIpc) is 2.86. The van der Waals surface area contributed by atoms with Gasteiger partial charge in [0.25, 0.3) is 9.05 Å². The summed E-state index contributed by atoms with van der Waals surface area (Å²) < 4.78 is 29.8. The zero-order chi connectivity index (χ0) is 12.5. The van der Waals surface area contributed by atoms with Gasteiger partial charge < -0.3 is 9.30 Å². The van der Waals surface area contributed by atoms with Crippen LogP contribution in [0, 0.1) is 0 Å². The molecule has 1 saturated heterocycles. The number of imidazole rings is 1. The van der Waals surface area contributed by atoms with Crippen LogP contribution in [-0.4, -0.2) is 30.7 Å². The predicted molar refractivity (Wildman–Crippen MR) is 63.6 cm³/mol. The van der Waals surface area contributed by atoms with Crippen molar-refractivity contribution in [1.82, 2.24) is 9.55 Å². The smallest absolute Gasteiger partial charge is 0.280 e. The van der Waals surface area contributed by atoms with E-state index in [0.29, 0.717) is 13.0 Å². The van der Waals surface area contributed by atoms with Gasteiger partial charge in [-0.2, -0.15) is 0 Å². The normalized spacial score (nSPS) is 20.9. The summed E-state index contributed by atoms with van der Waals surface area (Å²) in [4.78, 5) is 4.03. The van der Waals surface area contributed by atoms with Gasteiger partial charge in [-0.1, -0.05) is 6.92 Å². The predicted octanol–water partition coefficient (Wildman–Crippen LogP) is 1.55. The van der Waals surface area contributed by atoms with Crippen LogP contribution in [-0.2, 0) is 26.8 Å². The molecule has 1 aromatic rings. The minimum atomic E-state index is -3.75. The Hall–Kier alpha value is -0.590. The number of aryl methyl sites for hydroxylation is 1. The molecule has 0 N–H and O–H groups in total. The Bertz CT molecular complexity index is 492. The summed E-state index contributed by atoms with van der Waals surface area (Å²) in [5.41, 5.74) is 0. The van der Waals surface area contributed by atoms with Gasteiger partial charge in [-0.15, -0.1) is 0 Å². The van der Waals surface area contributed by atoms with E-state index in [1.807, 2.05) is 11.5 Å². The molecule has 17 heavy (non-hydrogen) atoms. The molecular formula is C10H15ClN2O3S. The number of hydrogen-bond donors (Lipinski definition) is 0. The van der Waals surface area contributed by atoms with E-state index < -0.39 is 9.05 Å². The summed E-state index contributed by atoms with van der Waals surface area (Å²) in [6, 6.07) is 0. The summed E-state index contributed by atoms with van der Waals surface area (Å²) in [5, 5.41) is -0.0750. The highest BCUT2D eigenvalue weighted by Crippen LogP contribution is 2.19. The van der Waals surface area contributed by atoms with E-state index >= 15 is 0 Å². The molecule has 0 radical (unpaired) electrons. The van der Waals surface area contributed by atoms with Crippen LogP contribution < -0.4 is 0 Å². The first-order valence-electron chi connectivity index (χ1n) is 5.63. The molecule has 0 saturated carbocycles. The lowest BCUT2D eigenvalue weighted by Crippen LogP contribution is -2.16. The lowest BCUT2D eigenvalue weighted by atomic mass is 10.2. The molecular weight excluding hydrogens is 264 g/mol. The zero-order valence-corrected chi connectivity index (χ0v) is 11.2. The molecule has 2 heterocycles. The van der Waals surface area contributed by atoms with Gasteiger partial charge in [0.15, 0.2) is 5.03 Å². The number of rotatable bonds is 4. The monoisotopic (exact) mass is 278 g/mol. The van der Waals surface area contributed by atoms with Crippen LogP contribution >= 0.6 is 10.7 Å². The van der Waals surface area contributed by atoms with Gasteiger partial charge in [-0.05, 0) is 12.8 Å². The van der Waals surface area contributed by atoms with Gasteiger partial charge in [0.05, 0.1) is 12.6 Å². The van der Waals surface area contributed by atoms with Crippen molar-refractivity contribution in [2.45, 2.75) is 43.9 Å². The maximum atomic E-state index is 11.2. The van der Waals surface area contributed by atoms with E-state index in [0.717, 1.165) is 25.3 Å². The largest absolute Gasteiger partial charge is 0.376 e. The Morgan fingerprint density at radius 2 is 2.41 bits per heavy atom. The number of hydrogen-bond acceptors (Lipinski definition) is 4. The summed E-state index contributed by atoms with van der Waals surface area (Å²) in [6.45, 7) is 3.35. The SMILES string of the molecule is CCc1nc(S(=O)(=O)Cl)cn1CC1CCCO1. The van der Waals surface area contributed by atoms with Gasteiger partial charge >= 0.3 is 0 Å². The van der Waals surface area contributed by atoms with Gasteiger partial charge in [0.1, 0.15) is 5.82 Å². The maximum Gasteiger partial charge on any atom is 0.280 e. The molecule has 1 unspecified atom stereocenters. The van der Waals surface area contributed by atoms with E-state index in [1.165, 1.54) is 6.20 Å². The molecule has 0 amide bonds. The summed E-state index contributed by atoms with van der Waals surface area (Å²) in [6.07, 6.45) is 4.37. The Morgan fingerprint density at radius 3 is 2.94 bits per heavy atom. The second kappa shape index (κ2) is 4.96. The standard InChI is InChI=1S/C10H15ClN2O3S/c1-2-9-12-10(17(11,14)15)7-13(9)6-8-4-3-5-16-8/h7-8H,2-6H2,1H3. The van der Waals surface area contributed by atoms with E-state index in [-0.39, 0.29) is 11.1 Å². The molecule has 1 aliphatic rings. The van der Waals surface area contributed by atoms with Crippen LogP contribution in [0.25, 0.3) is 0 Å². The van der Waals surface area contributed by atoms with Crippen molar-refractivity contribution in [3.63, 3.8) is 0 Å². The van der Waals surface area contributed by atoms with E-state index in [4.69, 9.17) is 15.4 Å². The molecule has 1 atom stereocenters. The number of aromatic nitrogens is 2. The molecule has 0 aromatic carbocycles. The quantitative estimate of drug-likeness (QED) is 0.784. The Morgan fingerprint density at radius 1 is 1.65 bits per heavy atom. The highest BCUT2D eigenvalue weighted by molar-refractivity contribution is 8.13. The minimum Gasteiger partial charge on any atom is -0.376 e. The van der Waals surface area contributed by atoms with Crippen LogP contribution in [0.15, 0.2) is 11.2 Å². The van der Waals surface area contributed by atoms with Gasteiger partial charge in [-0.3, -0.25) is 0 Å². The first kappa shape index (κ1) is 12.9. The highest BCUT2D eigenvalue weighted by Gasteiger charge is 2.21. The minimum absolute atomic E-state index is 0.0750. The lowest BCUT2D eigenvalue weighted by molar-refractivity contribution is 0.0963. The fourth-order valence-corrected chi connectivity index (χ4v) is 2.68. The molecule has 1 aliphatic heterocycles. The molecule has 7 heteroatoms. The molecule has 96 valence electrons. The Kier molecular flexibility index (Phi) is 3.75. The third-order valence-corrected chi connectivity index (χ3v) is 4.00. The van der Waals surface area contributed by atoms with E-state index in [1.54, 1.807) is 0 Å². The van der Waals surface area contributed by atoms with E-state index in [2.05, 4.69) is 4.98 Å². The molecule has 1 fully saturated rings. The van der Waals surface area contributed by atoms with Crippen LogP contribution in [0.2, 0.25) is 0 Å². The zero-order valence-electron chi connectivity index (χ0n) is 9.60. The van der Waals surface area contributed by atoms with Crippen molar-refractivity contribution in [3.8, 4) is 0 Å². The van der Waals surface area contributed by atoms with Crippen molar-refractivity contribution >= 4 is 19.7 Å². The molecule has 0 aliphatic carbocycles. The maximum absolute atomic E-state index is 11.2. The second-order valence-corrected chi connectivity index (χ2v) is 6.59. The third kappa shape index (κ3) is 3.00. The van der Waals surface area contributed by atoms with Gasteiger partial charge in [-0.25, -0.2) is 13.4 Å². The van der Waals surface area contributed by atoms with E-state index in [9.17, 15) is 8.42 Å². The summed E-state index contributed by atoms with van der Waals surface area (Å²) in [5.74, 6) is 0.722. The second-order valence-electron chi connectivity index (χ2n) is 4.07. The van der Waals surface area contributed by atoms with Crippen molar-refractivity contribution in [1.29, 1.82) is 0 Å². The first-order valence-corrected chi connectivity index (χ1v) is 7.94. The Balaban J connectivity index is 2.23. The number of ether oxygens (including phenoxy) is 1. The highest BCUT2D eigenvalue weighted by atomic mass is 35.7. The fraction of sp³-hybridized carbons (Fsp3) is 0.700. The van der Waals surface area contributed by atoms with Crippen LogP contribution in [0.5, 0.6) is 0 Å².